The Morgan fingerprint density at radius 3 is 2.71 bits per heavy atom. The number of carbonyl (C=O) groups excluding carboxylic acids is 1. The van der Waals surface area contributed by atoms with E-state index in [2.05, 4.69) is 12.2 Å². The van der Waals surface area contributed by atoms with Crippen LogP contribution in [0.25, 0.3) is 0 Å². The molecule has 1 saturated heterocycles. The fourth-order valence-corrected chi connectivity index (χ4v) is 3.54. The second kappa shape index (κ2) is 7.37. The Morgan fingerprint density at radius 1 is 1.25 bits per heavy atom. The van der Waals surface area contributed by atoms with Gasteiger partial charge in [-0.15, -0.1) is 0 Å². The fraction of sp³-hybridized carbons (Fsp3) is 0.350. The first-order valence-corrected chi connectivity index (χ1v) is 8.80. The van der Waals surface area contributed by atoms with Crippen molar-refractivity contribution in [2.24, 2.45) is 5.41 Å². The Labute approximate surface area is 148 Å². The summed E-state index contributed by atoms with van der Waals surface area (Å²) in [5, 5.41) is 3.84. The molecule has 126 valence electrons. The summed E-state index contributed by atoms with van der Waals surface area (Å²) in [7, 11) is 0. The summed E-state index contributed by atoms with van der Waals surface area (Å²) >= 11 is 6.26. The molecule has 2 aromatic rings. The summed E-state index contributed by atoms with van der Waals surface area (Å²) < 4.78 is 5.86. The molecule has 0 unspecified atom stereocenters. The van der Waals surface area contributed by atoms with E-state index in [9.17, 15) is 4.79 Å². The summed E-state index contributed by atoms with van der Waals surface area (Å²) in [6.07, 6.45) is 2.78. The molecule has 1 N–H and O–H groups in total. The number of para-hydroxylation sites is 1. The molecule has 2 aromatic carbocycles. The summed E-state index contributed by atoms with van der Waals surface area (Å²) in [6.45, 7) is 3.77. The molecular weight excluding hydrogens is 322 g/mol. The molecule has 1 atom stereocenters. The van der Waals surface area contributed by atoms with E-state index in [4.69, 9.17) is 16.3 Å². The van der Waals surface area contributed by atoms with Gasteiger partial charge in [-0.05, 0) is 49.7 Å². The number of hydrogen-bond donors (Lipinski definition) is 1. The van der Waals surface area contributed by atoms with E-state index in [0.29, 0.717) is 22.1 Å². The Kier molecular flexibility index (Phi) is 5.22. The van der Waals surface area contributed by atoms with Gasteiger partial charge < -0.3 is 10.1 Å². The second-order valence-electron chi connectivity index (χ2n) is 6.35. The summed E-state index contributed by atoms with van der Waals surface area (Å²) in [5.41, 5.74) is 0.370. The van der Waals surface area contributed by atoms with Crippen molar-refractivity contribution in [3.8, 4) is 11.5 Å². The molecule has 3 rings (SSSR count). The molecule has 1 aliphatic rings. The SMILES string of the molecule is CCC[C@]1(C(=O)c2ccc(Cl)c(Oc3ccccc3)c2)CCNC1. The maximum absolute atomic E-state index is 13.1. The van der Waals surface area contributed by atoms with E-state index in [1.54, 1.807) is 18.2 Å². The molecule has 0 saturated carbocycles. The van der Waals surface area contributed by atoms with Crippen LogP contribution in [-0.2, 0) is 0 Å². The topological polar surface area (TPSA) is 38.3 Å². The summed E-state index contributed by atoms with van der Waals surface area (Å²) in [4.78, 5) is 13.1. The van der Waals surface area contributed by atoms with Crippen LogP contribution in [0.5, 0.6) is 11.5 Å². The van der Waals surface area contributed by atoms with Crippen LogP contribution in [0.1, 0.15) is 36.5 Å². The van der Waals surface area contributed by atoms with Crippen molar-refractivity contribution >= 4 is 17.4 Å². The van der Waals surface area contributed by atoms with Crippen molar-refractivity contribution in [1.29, 1.82) is 0 Å². The first kappa shape index (κ1) is 17.0. The fourth-order valence-electron chi connectivity index (χ4n) is 3.39. The zero-order valence-electron chi connectivity index (χ0n) is 13.8. The number of ketones is 1. The minimum atomic E-state index is -0.299. The smallest absolute Gasteiger partial charge is 0.170 e. The van der Waals surface area contributed by atoms with Gasteiger partial charge in [-0.1, -0.05) is 43.1 Å². The summed E-state index contributed by atoms with van der Waals surface area (Å²) in [5.74, 6) is 1.41. The van der Waals surface area contributed by atoms with Crippen LogP contribution in [0, 0.1) is 5.41 Å². The van der Waals surface area contributed by atoms with Crippen molar-refractivity contribution in [2.75, 3.05) is 13.1 Å². The van der Waals surface area contributed by atoms with Crippen LogP contribution < -0.4 is 10.1 Å². The monoisotopic (exact) mass is 343 g/mol. The van der Waals surface area contributed by atoms with E-state index in [-0.39, 0.29) is 11.2 Å². The van der Waals surface area contributed by atoms with Crippen molar-refractivity contribution < 1.29 is 9.53 Å². The molecule has 1 heterocycles. The minimum absolute atomic E-state index is 0.184. The molecule has 0 amide bonds. The lowest BCUT2D eigenvalue weighted by Crippen LogP contribution is -2.33. The van der Waals surface area contributed by atoms with Crippen molar-refractivity contribution in [1.82, 2.24) is 5.32 Å². The second-order valence-corrected chi connectivity index (χ2v) is 6.75. The third kappa shape index (κ3) is 3.47. The number of ether oxygens (including phenoxy) is 1. The van der Waals surface area contributed by atoms with Crippen LogP contribution in [0.3, 0.4) is 0 Å². The maximum Gasteiger partial charge on any atom is 0.170 e. The van der Waals surface area contributed by atoms with Gasteiger partial charge in [0.2, 0.25) is 0 Å². The van der Waals surface area contributed by atoms with Gasteiger partial charge in [-0.25, -0.2) is 0 Å². The lowest BCUT2D eigenvalue weighted by molar-refractivity contribution is 0.0801. The van der Waals surface area contributed by atoms with Gasteiger partial charge in [0.25, 0.3) is 0 Å². The molecular formula is C20H22ClNO2. The normalized spacial score (nSPS) is 20.1. The average molecular weight is 344 g/mol. The number of halogens is 1. The molecule has 1 fully saturated rings. The van der Waals surface area contributed by atoms with Crippen LogP contribution in [0.4, 0.5) is 0 Å². The van der Waals surface area contributed by atoms with Gasteiger partial charge in [0, 0.05) is 17.5 Å². The third-order valence-electron chi connectivity index (χ3n) is 4.62. The van der Waals surface area contributed by atoms with Crippen molar-refractivity contribution in [3.05, 3.63) is 59.1 Å². The molecule has 4 heteroatoms. The Morgan fingerprint density at radius 2 is 2.04 bits per heavy atom. The molecule has 24 heavy (non-hydrogen) atoms. The highest BCUT2D eigenvalue weighted by atomic mass is 35.5. The number of benzene rings is 2. The van der Waals surface area contributed by atoms with Gasteiger partial charge in [0.05, 0.1) is 5.02 Å². The van der Waals surface area contributed by atoms with Gasteiger partial charge in [-0.3, -0.25) is 4.79 Å². The van der Waals surface area contributed by atoms with E-state index in [0.717, 1.165) is 32.4 Å². The Bertz CT molecular complexity index is 709. The zero-order valence-corrected chi connectivity index (χ0v) is 14.6. The average Bonchev–Trinajstić information content (AvgIpc) is 3.07. The number of rotatable bonds is 6. The first-order valence-electron chi connectivity index (χ1n) is 8.42. The van der Waals surface area contributed by atoms with Crippen LogP contribution in [0.2, 0.25) is 5.02 Å². The molecule has 0 aliphatic carbocycles. The standard InChI is InChI=1S/C20H22ClNO2/c1-2-10-20(11-12-22-14-20)19(23)15-8-9-17(21)18(13-15)24-16-6-4-3-5-7-16/h3-9,13,22H,2,10-12,14H2,1H3/t20-/m0/s1. The number of carbonyl (C=O) groups is 1. The Hall–Kier alpha value is -1.84. The van der Waals surface area contributed by atoms with Crippen LogP contribution in [0.15, 0.2) is 48.5 Å². The van der Waals surface area contributed by atoms with Crippen molar-refractivity contribution in [2.45, 2.75) is 26.2 Å². The third-order valence-corrected chi connectivity index (χ3v) is 4.93. The van der Waals surface area contributed by atoms with E-state index < -0.39 is 0 Å². The lowest BCUT2D eigenvalue weighted by Gasteiger charge is -2.26. The molecule has 0 radical (unpaired) electrons. The first-order chi connectivity index (χ1) is 11.6. The molecule has 0 bridgehead atoms. The number of nitrogens with one attached hydrogen (secondary N) is 1. The molecule has 0 spiro atoms. The van der Waals surface area contributed by atoms with E-state index in [1.165, 1.54) is 0 Å². The van der Waals surface area contributed by atoms with Crippen LogP contribution in [-0.4, -0.2) is 18.9 Å². The van der Waals surface area contributed by atoms with Crippen molar-refractivity contribution in [3.63, 3.8) is 0 Å². The van der Waals surface area contributed by atoms with E-state index >= 15 is 0 Å². The predicted octanol–water partition coefficient (Wildman–Crippen LogP) is 5.09. The van der Waals surface area contributed by atoms with E-state index in [1.807, 2.05) is 30.3 Å². The summed E-state index contributed by atoms with van der Waals surface area (Å²) in [6, 6.07) is 14.8. The predicted molar refractivity (Wildman–Crippen MR) is 97.1 cm³/mol. The zero-order chi connectivity index (χ0) is 17.0. The number of hydrogen-bond acceptors (Lipinski definition) is 3. The maximum atomic E-state index is 13.1. The molecule has 0 aromatic heterocycles. The highest BCUT2D eigenvalue weighted by Gasteiger charge is 2.40. The quantitative estimate of drug-likeness (QED) is 0.742. The van der Waals surface area contributed by atoms with Gasteiger partial charge in [0.1, 0.15) is 11.5 Å². The molecule has 1 aliphatic heterocycles. The Balaban J connectivity index is 1.88. The van der Waals surface area contributed by atoms with Crippen LogP contribution >= 0.6 is 11.6 Å². The van der Waals surface area contributed by atoms with Gasteiger partial charge in [-0.2, -0.15) is 0 Å². The highest BCUT2D eigenvalue weighted by molar-refractivity contribution is 6.32. The van der Waals surface area contributed by atoms with Gasteiger partial charge in [0.15, 0.2) is 5.78 Å². The highest BCUT2D eigenvalue weighted by Crippen LogP contribution is 2.37. The lowest BCUT2D eigenvalue weighted by atomic mass is 9.76. The number of Topliss-reactive ketones (excluding diaryl/α,β-unsaturated/α-hetero) is 1. The largest absolute Gasteiger partial charge is 0.456 e. The molecule has 3 nitrogen and oxygen atoms in total. The minimum Gasteiger partial charge on any atom is -0.456 e. The van der Waals surface area contributed by atoms with Gasteiger partial charge >= 0.3 is 0 Å².